The zero-order chi connectivity index (χ0) is 24.3. The first-order valence-corrected chi connectivity index (χ1v) is 12.1. The average Bonchev–Trinajstić information content (AvgIpc) is 3.19. The molecular formula is C22H22N4O7S. The number of hydrogen-bond acceptors (Lipinski definition) is 7. The zero-order valence-electron chi connectivity index (χ0n) is 18.0. The smallest absolute Gasteiger partial charge is 0.269 e. The number of amides is 2. The molecule has 178 valence electrons. The molecule has 3 aromatic rings. The number of morpholine rings is 1. The second-order valence-corrected chi connectivity index (χ2v) is 9.70. The van der Waals surface area contributed by atoms with Crippen molar-refractivity contribution in [3.8, 4) is 0 Å². The Morgan fingerprint density at radius 2 is 1.74 bits per heavy atom. The van der Waals surface area contributed by atoms with Crippen LogP contribution in [-0.2, 0) is 30.7 Å². The molecule has 1 N–H and O–H groups in total. The van der Waals surface area contributed by atoms with E-state index in [-0.39, 0.29) is 28.7 Å². The van der Waals surface area contributed by atoms with Crippen LogP contribution in [0.15, 0.2) is 59.6 Å². The Morgan fingerprint density at radius 1 is 1.06 bits per heavy atom. The minimum absolute atomic E-state index is 0.0367. The summed E-state index contributed by atoms with van der Waals surface area (Å²) < 4.78 is 33.1. The first-order chi connectivity index (χ1) is 16.2. The lowest BCUT2D eigenvalue weighted by molar-refractivity contribution is -0.384. The number of para-hydroxylation sites is 1. The normalized spacial score (nSPS) is 14.2. The molecule has 1 saturated heterocycles. The molecule has 2 heterocycles. The zero-order valence-corrected chi connectivity index (χ0v) is 18.9. The Hall–Kier alpha value is -3.77. The van der Waals surface area contributed by atoms with Gasteiger partial charge in [0.2, 0.25) is 11.8 Å². The minimum atomic E-state index is -4.05. The first kappa shape index (κ1) is 23.4. The van der Waals surface area contributed by atoms with Crippen LogP contribution >= 0.6 is 0 Å². The average molecular weight is 487 g/mol. The number of hydrogen-bond donors (Lipinski definition) is 1. The van der Waals surface area contributed by atoms with Gasteiger partial charge in [-0.1, -0.05) is 18.2 Å². The van der Waals surface area contributed by atoms with Crippen LogP contribution in [-0.4, -0.2) is 66.7 Å². The van der Waals surface area contributed by atoms with E-state index in [1.54, 1.807) is 33.7 Å². The lowest BCUT2D eigenvalue weighted by Crippen LogP contribution is -2.42. The highest BCUT2D eigenvalue weighted by Crippen LogP contribution is 2.27. The lowest BCUT2D eigenvalue weighted by Gasteiger charge is -2.27. The maximum Gasteiger partial charge on any atom is 0.269 e. The molecule has 1 aromatic heterocycles. The van der Waals surface area contributed by atoms with Crippen molar-refractivity contribution in [1.82, 2.24) is 9.47 Å². The van der Waals surface area contributed by atoms with E-state index >= 15 is 0 Å². The molecule has 1 fully saturated rings. The van der Waals surface area contributed by atoms with Crippen LogP contribution in [0, 0.1) is 10.1 Å². The van der Waals surface area contributed by atoms with Gasteiger partial charge in [0.25, 0.3) is 5.69 Å². The number of nitrogens with one attached hydrogen (secondary N) is 1. The van der Waals surface area contributed by atoms with Crippen molar-refractivity contribution in [2.45, 2.75) is 11.4 Å². The Labute approximate surface area is 195 Å². The van der Waals surface area contributed by atoms with Gasteiger partial charge in [0.15, 0.2) is 9.84 Å². The van der Waals surface area contributed by atoms with Crippen molar-refractivity contribution in [2.24, 2.45) is 0 Å². The minimum Gasteiger partial charge on any atom is -0.378 e. The van der Waals surface area contributed by atoms with Crippen molar-refractivity contribution in [3.63, 3.8) is 0 Å². The summed E-state index contributed by atoms with van der Waals surface area (Å²) in [5.74, 6) is -1.76. The van der Waals surface area contributed by atoms with Gasteiger partial charge >= 0.3 is 0 Å². The lowest BCUT2D eigenvalue weighted by atomic mass is 10.2. The summed E-state index contributed by atoms with van der Waals surface area (Å²) in [7, 11) is -4.05. The molecule has 4 rings (SSSR count). The molecule has 0 atom stereocenters. The number of rotatable bonds is 7. The number of benzene rings is 2. The van der Waals surface area contributed by atoms with Crippen molar-refractivity contribution < 1.29 is 27.7 Å². The largest absolute Gasteiger partial charge is 0.378 e. The molecule has 34 heavy (non-hydrogen) atoms. The fraction of sp³-hybridized carbons (Fsp3) is 0.273. The summed E-state index contributed by atoms with van der Waals surface area (Å²) in [5, 5.41) is 13.6. The fourth-order valence-electron chi connectivity index (χ4n) is 3.76. The molecule has 0 aliphatic carbocycles. The van der Waals surface area contributed by atoms with E-state index in [4.69, 9.17) is 4.74 Å². The number of nitro groups is 1. The monoisotopic (exact) mass is 486 g/mol. The van der Waals surface area contributed by atoms with Crippen molar-refractivity contribution in [3.05, 3.63) is 64.8 Å². The van der Waals surface area contributed by atoms with Gasteiger partial charge in [-0.2, -0.15) is 0 Å². The van der Waals surface area contributed by atoms with Crippen molar-refractivity contribution in [2.75, 3.05) is 37.4 Å². The summed E-state index contributed by atoms with van der Waals surface area (Å²) >= 11 is 0. The number of non-ortho nitro benzene ring substituents is 1. The van der Waals surface area contributed by atoms with Gasteiger partial charge in [-0.25, -0.2) is 8.42 Å². The maximum atomic E-state index is 13.1. The summed E-state index contributed by atoms with van der Waals surface area (Å²) in [5.41, 5.74) is 0.660. The van der Waals surface area contributed by atoms with E-state index in [0.29, 0.717) is 37.2 Å². The van der Waals surface area contributed by atoms with E-state index in [1.807, 2.05) is 0 Å². The van der Waals surface area contributed by atoms with Crippen molar-refractivity contribution in [1.29, 1.82) is 0 Å². The highest BCUT2D eigenvalue weighted by Gasteiger charge is 2.26. The Morgan fingerprint density at radius 3 is 2.41 bits per heavy atom. The molecule has 1 aliphatic rings. The molecular weight excluding hydrogens is 464 g/mol. The van der Waals surface area contributed by atoms with Crippen LogP contribution < -0.4 is 5.32 Å². The third kappa shape index (κ3) is 5.07. The van der Waals surface area contributed by atoms with E-state index < -0.39 is 26.4 Å². The number of carbonyl (C=O) groups is 2. The predicted molar refractivity (Wildman–Crippen MR) is 123 cm³/mol. The molecule has 12 heteroatoms. The highest BCUT2D eigenvalue weighted by atomic mass is 32.2. The van der Waals surface area contributed by atoms with Gasteiger partial charge in [0.1, 0.15) is 12.3 Å². The molecule has 0 radical (unpaired) electrons. The molecule has 2 amide bonds. The number of nitro benzene ring substituents is 1. The van der Waals surface area contributed by atoms with Crippen LogP contribution in [0.1, 0.15) is 0 Å². The number of aromatic nitrogens is 1. The Balaban J connectivity index is 1.54. The van der Waals surface area contributed by atoms with Crippen LogP contribution in [0.3, 0.4) is 0 Å². The molecule has 0 saturated carbocycles. The topological polar surface area (TPSA) is 141 Å². The molecule has 0 unspecified atom stereocenters. The van der Waals surface area contributed by atoms with Crippen LogP contribution in [0.2, 0.25) is 0 Å². The molecule has 0 bridgehead atoms. The van der Waals surface area contributed by atoms with Gasteiger partial charge in [-0.05, 0) is 18.2 Å². The summed E-state index contributed by atoms with van der Waals surface area (Å²) in [4.78, 5) is 37.0. The number of fused-ring (bicyclic) bond motifs is 1. The highest BCUT2D eigenvalue weighted by molar-refractivity contribution is 7.92. The van der Waals surface area contributed by atoms with E-state index in [0.717, 1.165) is 0 Å². The maximum absolute atomic E-state index is 13.1. The standard InChI is InChI=1S/C22H22N4O7S/c27-21(23-16-5-7-17(8-6-16)26(29)30)15-34(31,32)20-13-25(19-4-2-1-3-18(19)20)14-22(28)24-9-11-33-12-10-24/h1-8,13H,9-12,14-15H2,(H,23,27). The van der Waals surface area contributed by atoms with Gasteiger partial charge in [0, 0.05) is 48.0 Å². The molecule has 0 spiro atoms. The number of nitrogens with zero attached hydrogens (tertiary/aromatic N) is 3. The van der Waals surface area contributed by atoms with Crippen LogP contribution in [0.4, 0.5) is 11.4 Å². The number of anilines is 1. The van der Waals surface area contributed by atoms with Gasteiger partial charge in [-0.3, -0.25) is 19.7 Å². The second-order valence-electron chi connectivity index (χ2n) is 7.74. The van der Waals surface area contributed by atoms with E-state index in [9.17, 15) is 28.1 Å². The third-order valence-corrected chi connectivity index (χ3v) is 7.08. The summed E-state index contributed by atoms with van der Waals surface area (Å²) in [6, 6.07) is 11.9. The summed E-state index contributed by atoms with van der Waals surface area (Å²) in [6.07, 6.45) is 1.39. The quantitative estimate of drug-likeness (QED) is 0.397. The first-order valence-electron chi connectivity index (χ1n) is 10.4. The Bertz CT molecular complexity index is 1340. The number of carbonyl (C=O) groups excluding carboxylic acids is 2. The number of ether oxygens (including phenoxy) is 1. The second kappa shape index (κ2) is 9.61. The SMILES string of the molecule is O=C(CS(=O)(=O)c1cn(CC(=O)N2CCOCC2)c2ccccc12)Nc1ccc([N+](=O)[O-])cc1. The molecule has 2 aromatic carbocycles. The predicted octanol–water partition coefficient (Wildman–Crippen LogP) is 1.82. The van der Waals surface area contributed by atoms with Gasteiger partial charge < -0.3 is 19.5 Å². The Kier molecular flexibility index (Phi) is 6.61. The van der Waals surface area contributed by atoms with E-state index in [2.05, 4.69) is 5.32 Å². The van der Waals surface area contributed by atoms with Gasteiger partial charge in [-0.15, -0.1) is 0 Å². The molecule has 11 nitrogen and oxygen atoms in total. The fourth-order valence-corrected chi connectivity index (χ4v) is 5.13. The number of sulfone groups is 1. The van der Waals surface area contributed by atoms with E-state index in [1.165, 1.54) is 30.5 Å². The summed E-state index contributed by atoms with van der Waals surface area (Å²) in [6.45, 7) is 1.84. The van der Waals surface area contributed by atoms with Crippen LogP contribution in [0.5, 0.6) is 0 Å². The molecule has 1 aliphatic heterocycles. The van der Waals surface area contributed by atoms with Gasteiger partial charge in [0.05, 0.1) is 23.0 Å². The third-order valence-electron chi connectivity index (χ3n) is 5.44. The van der Waals surface area contributed by atoms with Crippen molar-refractivity contribution >= 4 is 43.9 Å². The van der Waals surface area contributed by atoms with Crippen LogP contribution in [0.25, 0.3) is 10.9 Å².